The van der Waals surface area contributed by atoms with Crippen molar-refractivity contribution in [3.63, 3.8) is 0 Å². The summed E-state index contributed by atoms with van der Waals surface area (Å²) in [5.74, 6) is 0.0215. The number of amides is 1. The van der Waals surface area contributed by atoms with Crippen molar-refractivity contribution in [2.45, 2.75) is 27.7 Å². The predicted octanol–water partition coefficient (Wildman–Crippen LogP) is 3.27. The van der Waals surface area contributed by atoms with Gasteiger partial charge >= 0.3 is 0 Å². The summed E-state index contributed by atoms with van der Waals surface area (Å²) < 4.78 is 0.803. The van der Waals surface area contributed by atoms with Crippen LogP contribution in [0.3, 0.4) is 0 Å². The molecule has 1 aromatic rings. The van der Waals surface area contributed by atoms with E-state index in [1.165, 1.54) is 6.92 Å². The largest absolute Gasteiger partial charge is 0.506 e. The second-order valence-electron chi connectivity index (χ2n) is 4.08. The van der Waals surface area contributed by atoms with Crippen LogP contribution in [0.25, 0.3) is 0 Å². The van der Waals surface area contributed by atoms with E-state index in [1.54, 1.807) is 6.07 Å². The summed E-state index contributed by atoms with van der Waals surface area (Å²) in [6, 6.07) is 1.58. The Morgan fingerprint density at radius 3 is 2.44 bits per heavy atom. The normalized spacial score (nSPS) is 10.3. The number of rotatable bonds is 4. The Morgan fingerprint density at radius 1 is 1.44 bits per heavy atom. The van der Waals surface area contributed by atoms with Crippen molar-refractivity contribution < 1.29 is 9.90 Å². The molecule has 0 aromatic heterocycles. The number of nitrogens with zero attached hydrogens (tertiary/aromatic N) is 1. The van der Waals surface area contributed by atoms with E-state index in [0.717, 1.165) is 28.8 Å². The topological polar surface area (TPSA) is 52.6 Å². The minimum absolute atomic E-state index is 0.162. The number of aromatic hydroxyl groups is 1. The highest BCUT2D eigenvalue weighted by Gasteiger charge is 2.17. The van der Waals surface area contributed by atoms with Gasteiger partial charge in [-0.3, -0.25) is 4.79 Å². The van der Waals surface area contributed by atoms with Gasteiger partial charge in [0, 0.05) is 30.6 Å². The molecule has 0 heterocycles. The van der Waals surface area contributed by atoms with Crippen molar-refractivity contribution in [3.8, 4) is 5.75 Å². The molecule has 4 nitrogen and oxygen atoms in total. The molecule has 0 saturated carbocycles. The second kappa shape index (κ2) is 6.09. The lowest BCUT2D eigenvalue weighted by atomic mass is 10.1. The van der Waals surface area contributed by atoms with Crippen LogP contribution in [0.4, 0.5) is 11.4 Å². The van der Waals surface area contributed by atoms with Gasteiger partial charge in [-0.1, -0.05) is 0 Å². The SMILES string of the molecule is CCN(CC)c1c(O)cc(NC(C)=O)c(Br)c1C. The summed E-state index contributed by atoms with van der Waals surface area (Å²) in [5, 5.41) is 12.8. The van der Waals surface area contributed by atoms with Crippen LogP contribution in [0.2, 0.25) is 0 Å². The van der Waals surface area contributed by atoms with Crippen LogP contribution >= 0.6 is 15.9 Å². The van der Waals surface area contributed by atoms with E-state index in [9.17, 15) is 9.90 Å². The minimum Gasteiger partial charge on any atom is -0.506 e. The first kappa shape index (κ1) is 14.8. The molecule has 2 N–H and O–H groups in total. The van der Waals surface area contributed by atoms with Gasteiger partial charge in [0.2, 0.25) is 5.91 Å². The molecule has 0 aliphatic rings. The molecule has 0 unspecified atom stereocenters. The Kier molecular flexibility index (Phi) is 5.02. The molecular weight excluding hydrogens is 296 g/mol. The van der Waals surface area contributed by atoms with Crippen LogP contribution in [0.1, 0.15) is 26.3 Å². The van der Waals surface area contributed by atoms with Gasteiger partial charge in [0.25, 0.3) is 0 Å². The summed E-state index contributed by atoms with van der Waals surface area (Å²) in [6.45, 7) is 9.07. The lowest BCUT2D eigenvalue weighted by molar-refractivity contribution is -0.114. The Morgan fingerprint density at radius 2 is 2.00 bits per heavy atom. The lowest BCUT2D eigenvalue weighted by Gasteiger charge is -2.25. The molecule has 1 rings (SSSR count). The molecule has 1 amide bonds. The van der Waals surface area contributed by atoms with Gasteiger partial charge in [-0.05, 0) is 42.3 Å². The van der Waals surface area contributed by atoms with Gasteiger partial charge in [-0.2, -0.15) is 0 Å². The minimum atomic E-state index is -0.162. The zero-order valence-electron chi connectivity index (χ0n) is 11.2. The number of carbonyl (C=O) groups excluding carboxylic acids is 1. The number of carbonyl (C=O) groups is 1. The molecule has 1 aromatic carbocycles. The fourth-order valence-corrected chi connectivity index (χ4v) is 2.39. The van der Waals surface area contributed by atoms with Crippen molar-refractivity contribution >= 4 is 33.2 Å². The van der Waals surface area contributed by atoms with Crippen molar-refractivity contribution in [2.24, 2.45) is 0 Å². The average Bonchev–Trinajstić information content (AvgIpc) is 2.30. The Balaban J connectivity index is 3.32. The fourth-order valence-electron chi connectivity index (χ4n) is 1.99. The molecule has 0 spiro atoms. The quantitative estimate of drug-likeness (QED) is 0.896. The number of benzene rings is 1. The van der Waals surface area contributed by atoms with Crippen LogP contribution in [0.15, 0.2) is 10.5 Å². The summed E-state index contributed by atoms with van der Waals surface area (Å²) >= 11 is 3.47. The van der Waals surface area contributed by atoms with E-state index >= 15 is 0 Å². The predicted molar refractivity (Wildman–Crippen MR) is 78.4 cm³/mol. The van der Waals surface area contributed by atoms with E-state index < -0.39 is 0 Å². The highest BCUT2D eigenvalue weighted by molar-refractivity contribution is 9.10. The van der Waals surface area contributed by atoms with Crippen LogP contribution < -0.4 is 10.2 Å². The third-order valence-corrected chi connectivity index (χ3v) is 3.86. The third-order valence-electron chi connectivity index (χ3n) is 2.83. The van der Waals surface area contributed by atoms with Gasteiger partial charge in [0.1, 0.15) is 5.75 Å². The van der Waals surface area contributed by atoms with Gasteiger partial charge < -0.3 is 15.3 Å². The molecule has 5 heteroatoms. The third kappa shape index (κ3) is 2.96. The molecule has 0 saturated heterocycles. The van der Waals surface area contributed by atoms with Gasteiger partial charge in [-0.25, -0.2) is 0 Å². The highest BCUT2D eigenvalue weighted by Crippen LogP contribution is 2.40. The Hall–Kier alpha value is -1.23. The molecule has 100 valence electrons. The van der Waals surface area contributed by atoms with Crippen LogP contribution in [0.5, 0.6) is 5.75 Å². The first-order chi connectivity index (χ1) is 8.42. The Bertz CT molecular complexity index is 457. The molecular formula is C13H19BrN2O2. The van der Waals surface area contributed by atoms with Crippen molar-refractivity contribution in [2.75, 3.05) is 23.3 Å². The molecule has 18 heavy (non-hydrogen) atoms. The smallest absolute Gasteiger partial charge is 0.221 e. The number of phenols is 1. The average molecular weight is 315 g/mol. The standard InChI is InChI=1S/C13H19BrN2O2/c1-5-16(6-2)13-8(3)12(14)10(7-11(13)18)15-9(4)17/h7,18H,5-6H2,1-4H3,(H,15,17). The number of hydrogen-bond donors (Lipinski definition) is 2. The number of anilines is 2. The first-order valence-electron chi connectivity index (χ1n) is 5.96. The lowest BCUT2D eigenvalue weighted by Crippen LogP contribution is -2.23. The summed E-state index contributed by atoms with van der Waals surface area (Å²) in [4.78, 5) is 13.2. The monoisotopic (exact) mass is 314 g/mol. The second-order valence-corrected chi connectivity index (χ2v) is 4.88. The molecule has 0 radical (unpaired) electrons. The van der Waals surface area contributed by atoms with E-state index in [4.69, 9.17) is 0 Å². The maximum absolute atomic E-state index is 11.1. The highest BCUT2D eigenvalue weighted by atomic mass is 79.9. The fraction of sp³-hybridized carbons (Fsp3) is 0.462. The summed E-state index contributed by atoms with van der Waals surface area (Å²) in [6.07, 6.45) is 0. The Labute approximate surface area is 116 Å². The van der Waals surface area contributed by atoms with E-state index in [2.05, 4.69) is 26.1 Å². The van der Waals surface area contributed by atoms with Crippen LogP contribution in [-0.2, 0) is 4.79 Å². The number of nitrogens with one attached hydrogen (secondary N) is 1. The molecule has 0 aliphatic heterocycles. The summed E-state index contributed by atoms with van der Waals surface area (Å²) in [5.41, 5.74) is 2.32. The summed E-state index contributed by atoms with van der Waals surface area (Å²) in [7, 11) is 0. The maximum atomic E-state index is 11.1. The van der Waals surface area contributed by atoms with Crippen LogP contribution in [0, 0.1) is 6.92 Å². The van der Waals surface area contributed by atoms with Gasteiger partial charge in [0.15, 0.2) is 0 Å². The van der Waals surface area contributed by atoms with Crippen molar-refractivity contribution in [1.82, 2.24) is 0 Å². The van der Waals surface area contributed by atoms with Gasteiger partial charge in [0.05, 0.1) is 11.4 Å². The maximum Gasteiger partial charge on any atom is 0.221 e. The van der Waals surface area contributed by atoms with Gasteiger partial charge in [-0.15, -0.1) is 0 Å². The van der Waals surface area contributed by atoms with Crippen LogP contribution in [-0.4, -0.2) is 24.1 Å². The first-order valence-corrected chi connectivity index (χ1v) is 6.76. The van der Waals surface area contributed by atoms with Crippen molar-refractivity contribution in [3.05, 3.63) is 16.1 Å². The molecule has 0 atom stereocenters. The number of phenolic OH excluding ortho intramolecular Hbond substituents is 1. The van der Waals surface area contributed by atoms with E-state index in [-0.39, 0.29) is 11.7 Å². The zero-order chi connectivity index (χ0) is 13.9. The van der Waals surface area contributed by atoms with E-state index in [1.807, 2.05) is 20.8 Å². The van der Waals surface area contributed by atoms with Crippen molar-refractivity contribution in [1.29, 1.82) is 0 Å². The number of hydrogen-bond acceptors (Lipinski definition) is 3. The number of halogens is 1. The molecule has 0 bridgehead atoms. The zero-order valence-corrected chi connectivity index (χ0v) is 12.8. The molecule has 0 aliphatic carbocycles. The molecule has 0 fully saturated rings. The van der Waals surface area contributed by atoms with E-state index in [0.29, 0.717) is 5.69 Å².